The number of hydrogen-bond donors (Lipinski definition) is 0. The van der Waals surface area contributed by atoms with Crippen molar-refractivity contribution >= 4 is 22.6 Å². The molecule has 0 aliphatic heterocycles. The van der Waals surface area contributed by atoms with E-state index in [0.717, 1.165) is 8.84 Å². The molecule has 4 aliphatic rings. The fraction of sp³-hybridized carbons (Fsp3) is 1.00. The fourth-order valence-corrected chi connectivity index (χ4v) is 6.28. The summed E-state index contributed by atoms with van der Waals surface area (Å²) in [5.41, 5.74) is 0.946. The van der Waals surface area contributed by atoms with Crippen molar-refractivity contribution < 1.29 is 0 Å². The summed E-state index contributed by atoms with van der Waals surface area (Å²) in [5, 5.41) is 0. The predicted octanol–water partition coefficient (Wildman–Crippen LogP) is 2.61. The summed E-state index contributed by atoms with van der Waals surface area (Å²) in [5.74, 6) is 3.65. The van der Waals surface area contributed by atoms with Crippen LogP contribution in [0.3, 0.4) is 0 Å². The van der Waals surface area contributed by atoms with Crippen LogP contribution in [0, 0.1) is 23.2 Å². The zero-order chi connectivity index (χ0) is 6.56. The van der Waals surface area contributed by atoms with E-state index in [4.69, 9.17) is 0 Å². The van der Waals surface area contributed by atoms with Crippen LogP contribution in [0.5, 0.6) is 0 Å². The van der Waals surface area contributed by atoms with Gasteiger partial charge in [0.2, 0.25) is 0 Å². The van der Waals surface area contributed by atoms with Crippen LogP contribution in [-0.2, 0) is 0 Å². The van der Waals surface area contributed by atoms with Gasteiger partial charge in [-0.2, -0.15) is 0 Å². The van der Waals surface area contributed by atoms with E-state index in [9.17, 15) is 0 Å². The average molecular weight is 246 g/mol. The molecule has 10 heavy (non-hydrogen) atoms. The van der Waals surface area contributed by atoms with Crippen molar-refractivity contribution in [1.29, 1.82) is 0 Å². The molecular weight excluding hydrogens is 235 g/mol. The molecule has 1 spiro atoms. The Kier molecular flexibility index (Phi) is 0.604. The average Bonchev–Trinajstić information content (AvgIpc) is 2.30. The van der Waals surface area contributed by atoms with Gasteiger partial charge in [-0.3, -0.25) is 0 Å². The molecule has 0 N–H and O–H groups in total. The van der Waals surface area contributed by atoms with Gasteiger partial charge in [-0.1, -0.05) is 22.6 Å². The Labute approximate surface area is 74.9 Å². The van der Waals surface area contributed by atoms with Crippen LogP contribution < -0.4 is 0 Å². The zero-order valence-electron chi connectivity index (χ0n) is 5.94. The quantitative estimate of drug-likeness (QED) is 0.455. The van der Waals surface area contributed by atoms with Crippen LogP contribution in [0.15, 0.2) is 0 Å². The largest absolute Gasteiger partial charge is 0.0782 e. The smallest absolute Gasteiger partial charge is 0.0290 e. The maximum absolute atomic E-state index is 2.77. The van der Waals surface area contributed by atoms with Gasteiger partial charge in [-0.25, -0.2) is 0 Å². The number of alkyl halides is 1. The maximum Gasteiger partial charge on any atom is 0.0290 e. The molecule has 5 atom stereocenters. The lowest BCUT2D eigenvalue weighted by atomic mass is 9.48. The molecule has 0 nitrogen and oxygen atoms in total. The summed E-state index contributed by atoms with van der Waals surface area (Å²) in [6.07, 6.45) is 6.42. The molecule has 4 saturated carbocycles. The van der Waals surface area contributed by atoms with Gasteiger partial charge in [0.1, 0.15) is 0 Å². The van der Waals surface area contributed by atoms with Crippen molar-refractivity contribution in [3.63, 3.8) is 0 Å². The highest BCUT2D eigenvalue weighted by molar-refractivity contribution is 14.1. The molecule has 0 aromatic carbocycles. The van der Waals surface area contributed by atoms with E-state index >= 15 is 0 Å². The van der Waals surface area contributed by atoms with E-state index in [0.29, 0.717) is 0 Å². The second kappa shape index (κ2) is 1.12. The van der Waals surface area contributed by atoms with Gasteiger partial charge in [-0.15, -0.1) is 0 Å². The summed E-state index contributed by atoms with van der Waals surface area (Å²) < 4.78 is 0.840. The van der Waals surface area contributed by atoms with Crippen LogP contribution in [0.1, 0.15) is 25.7 Å². The van der Waals surface area contributed by atoms with Crippen LogP contribution in [0.4, 0.5) is 0 Å². The first-order valence-electron chi connectivity index (χ1n) is 4.44. The second-order valence-electron chi connectivity index (χ2n) is 4.99. The first-order chi connectivity index (χ1) is 4.75. The lowest BCUT2D eigenvalue weighted by Crippen LogP contribution is -2.50. The molecule has 4 aliphatic carbocycles. The third kappa shape index (κ3) is 0.300. The summed E-state index contributed by atoms with van der Waals surface area (Å²) in [4.78, 5) is 0. The van der Waals surface area contributed by atoms with E-state index in [1.807, 2.05) is 0 Å². The lowest BCUT2D eigenvalue weighted by Gasteiger charge is -2.56. The molecule has 0 aromatic rings. The topological polar surface area (TPSA) is 0 Å². The van der Waals surface area contributed by atoms with Crippen molar-refractivity contribution in [2.24, 2.45) is 23.2 Å². The molecule has 4 fully saturated rings. The monoisotopic (exact) mass is 246 g/mol. The number of halogens is 1. The van der Waals surface area contributed by atoms with Gasteiger partial charge in [0.25, 0.3) is 0 Å². The maximum atomic E-state index is 2.77. The van der Waals surface area contributed by atoms with E-state index in [-0.39, 0.29) is 0 Å². The van der Waals surface area contributed by atoms with E-state index in [2.05, 4.69) is 22.6 Å². The second-order valence-corrected chi connectivity index (χ2v) is 7.05. The van der Waals surface area contributed by atoms with Gasteiger partial charge >= 0.3 is 0 Å². The van der Waals surface area contributed by atoms with Gasteiger partial charge in [0, 0.05) is 3.42 Å². The van der Waals surface area contributed by atoms with Crippen molar-refractivity contribution in [3.05, 3.63) is 0 Å². The lowest BCUT2D eigenvalue weighted by molar-refractivity contribution is -0.0759. The number of rotatable bonds is 0. The molecule has 0 saturated heterocycles. The Morgan fingerprint density at radius 3 is 2.60 bits per heavy atom. The van der Waals surface area contributed by atoms with Crippen LogP contribution in [-0.4, -0.2) is 3.42 Å². The predicted molar refractivity (Wildman–Crippen MR) is 48.1 cm³/mol. The highest BCUT2D eigenvalue weighted by atomic mass is 127. The van der Waals surface area contributed by atoms with Gasteiger partial charge in [-0.05, 0) is 48.9 Å². The highest BCUT2D eigenvalue weighted by Crippen LogP contribution is 2.90. The molecule has 0 amide bonds. The Hall–Kier alpha value is 0.730. The summed E-state index contributed by atoms with van der Waals surface area (Å²) in [7, 11) is 0. The Bertz CT molecular complexity index is 237. The fourth-order valence-electron chi connectivity index (χ4n) is 4.46. The molecule has 0 heterocycles. The summed E-state index contributed by atoms with van der Waals surface area (Å²) >= 11 is 2.77. The van der Waals surface area contributed by atoms with E-state index in [1.165, 1.54) is 17.8 Å². The van der Waals surface area contributed by atoms with E-state index in [1.54, 1.807) is 25.7 Å². The first-order valence-corrected chi connectivity index (χ1v) is 5.52. The Balaban J connectivity index is 1.90. The standard InChI is InChI=1S/C9H11I/c10-9-3-6-1-5-2-8(9,4-9)7(5)6/h5-7H,1-4H2. The molecule has 1 heteroatoms. The molecule has 0 radical (unpaired) electrons. The van der Waals surface area contributed by atoms with Crippen molar-refractivity contribution in [3.8, 4) is 0 Å². The summed E-state index contributed by atoms with van der Waals surface area (Å²) in [6, 6.07) is 0. The molecular formula is C9H11I. The third-order valence-corrected chi connectivity index (χ3v) is 6.73. The van der Waals surface area contributed by atoms with Crippen LogP contribution in [0.2, 0.25) is 0 Å². The van der Waals surface area contributed by atoms with Crippen molar-refractivity contribution in [2.75, 3.05) is 0 Å². The third-order valence-electron chi connectivity index (χ3n) is 4.83. The van der Waals surface area contributed by atoms with Gasteiger partial charge in [0.15, 0.2) is 0 Å². The minimum Gasteiger partial charge on any atom is -0.0782 e. The number of hydrogen-bond acceptors (Lipinski definition) is 0. The first kappa shape index (κ1) is 5.39. The van der Waals surface area contributed by atoms with E-state index < -0.39 is 0 Å². The van der Waals surface area contributed by atoms with Crippen LogP contribution >= 0.6 is 22.6 Å². The SMILES string of the molecule is IC12CC3CC4CC1(C2)C34. The minimum atomic E-state index is 0.840. The van der Waals surface area contributed by atoms with Crippen molar-refractivity contribution in [2.45, 2.75) is 29.1 Å². The molecule has 4 rings (SSSR count). The normalized spacial score (nSPS) is 80.7. The Morgan fingerprint density at radius 1 is 1.20 bits per heavy atom. The molecule has 0 bridgehead atoms. The van der Waals surface area contributed by atoms with Crippen molar-refractivity contribution in [1.82, 2.24) is 0 Å². The highest BCUT2D eigenvalue weighted by Gasteiger charge is 2.84. The minimum absolute atomic E-state index is 0.840. The Morgan fingerprint density at radius 2 is 2.00 bits per heavy atom. The molecule has 5 unspecified atom stereocenters. The molecule has 0 aromatic heterocycles. The van der Waals surface area contributed by atoms with Gasteiger partial charge in [0.05, 0.1) is 0 Å². The van der Waals surface area contributed by atoms with Crippen LogP contribution in [0.25, 0.3) is 0 Å². The van der Waals surface area contributed by atoms with Gasteiger partial charge < -0.3 is 0 Å². The summed E-state index contributed by atoms with van der Waals surface area (Å²) in [6.45, 7) is 0. The zero-order valence-corrected chi connectivity index (χ0v) is 8.10. The molecule has 54 valence electrons.